The van der Waals surface area contributed by atoms with Gasteiger partial charge in [0, 0.05) is 50.2 Å². The lowest BCUT2D eigenvalue weighted by molar-refractivity contribution is 0.121. The number of rotatable bonds is 6. The van der Waals surface area contributed by atoms with Crippen molar-refractivity contribution in [2.24, 2.45) is 0 Å². The lowest BCUT2D eigenvalue weighted by Crippen LogP contribution is -2.45. The van der Waals surface area contributed by atoms with Crippen molar-refractivity contribution < 1.29 is 19.0 Å². The van der Waals surface area contributed by atoms with E-state index in [1.54, 1.807) is 6.07 Å². The van der Waals surface area contributed by atoms with Gasteiger partial charge in [0.05, 0.1) is 5.56 Å². The van der Waals surface area contributed by atoms with Gasteiger partial charge in [-0.05, 0) is 48.7 Å². The number of ether oxygens (including phenoxy) is 2. The summed E-state index contributed by atoms with van der Waals surface area (Å²) in [6, 6.07) is 9.69. The zero-order chi connectivity index (χ0) is 22.9. The first-order valence-corrected chi connectivity index (χ1v) is 11.6. The van der Waals surface area contributed by atoms with Crippen LogP contribution >= 0.6 is 0 Å². The minimum absolute atomic E-state index is 0.177. The Bertz CT molecular complexity index is 1230. The van der Waals surface area contributed by atoms with Gasteiger partial charge >= 0.3 is 5.63 Å². The van der Waals surface area contributed by atoms with Crippen molar-refractivity contribution in [1.29, 1.82) is 0 Å². The van der Waals surface area contributed by atoms with Crippen molar-refractivity contribution >= 4 is 11.0 Å². The number of hydrogen-bond donors (Lipinski definition) is 1. The zero-order valence-electron chi connectivity index (χ0n) is 19.2. The van der Waals surface area contributed by atoms with Crippen molar-refractivity contribution in [3.63, 3.8) is 0 Å². The number of fused-ring (bicyclic) bond motifs is 2. The van der Waals surface area contributed by atoms with E-state index in [-0.39, 0.29) is 18.2 Å². The quantitative estimate of drug-likeness (QED) is 0.573. The standard InChI is InChI=1S/C26H30N2O5/c1-3-4-20-17(2)19-6-7-22(29)21(25(19)33-26(20)30)15-28-11-9-27(10-12-28)14-18-5-8-23-24(13-18)32-16-31-23/h5-8,13,29H,3-4,9-12,14-16H2,1-2H3. The third-order valence-electron chi connectivity index (χ3n) is 6.72. The molecule has 0 atom stereocenters. The smallest absolute Gasteiger partial charge is 0.339 e. The highest BCUT2D eigenvalue weighted by Gasteiger charge is 2.22. The molecule has 1 aromatic heterocycles. The van der Waals surface area contributed by atoms with Crippen molar-refractivity contribution in [2.45, 2.75) is 39.8 Å². The molecule has 3 heterocycles. The van der Waals surface area contributed by atoms with Crippen molar-refractivity contribution in [1.82, 2.24) is 9.80 Å². The van der Waals surface area contributed by atoms with Gasteiger partial charge in [0.25, 0.3) is 0 Å². The van der Waals surface area contributed by atoms with Crippen LogP contribution in [0.3, 0.4) is 0 Å². The average Bonchev–Trinajstić information content (AvgIpc) is 3.28. The highest BCUT2D eigenvalue weighted by molar-refractivity contribution is 5.85. The van der Waals surface area contributed by atoms with E-state index in [1.165, 1.54) is 5.56 Å². The van der Waals surface area contributed by atoms with E-state index in [1.807, 2.05) is 19.1 Å². The third-order valence-corrected chi connectivity index (χ3v) is 6.72. The molecule has 2 aliphatic rings. The molecule has 2 aliphatic heterocycles. The van der Waals surface area contributed by atoms with Crippen molar-refractivity contribution in [2.75, 3.05) is 33.0 Å². The molecule has 0 radical (unpaired) electrons. The minimum atomic E-state index is -0.290. The molecule has 0 saturated carbocycles. The molecule has 0 unspecified atom stereocenters. The fourth-order valence-corrected chi connectivity index (χ4v) is 4.82. The molecule has 0 aliphatic carbocycles. The number of aromatic hydroxyl groups is 1. The second-order valence-electron chi connectivity index (χ2n) is 8.92. The van der Waals surface area contributed by atoms with Gasteiger partial charge in [0.1, 0.15) is 11.3 Å². The fraction of sp³-hybridized carbons (Fsp3) is 0.423. The molecule has 33 heavy (non-hydrogen) atoms. The summed E-state index contributed by atoms with van der Waals surface area (Å²) in [5.41, 5.74) is 3.82. The lowest BCUT2D eigenvalue weighted by Gasteiger charge is -2.35. The number of benzene rings is 2. The highest BCUT2D eigenvalue weighted by atomic mass is 16.7. The zero-order valence-corrected chi connectivity index (χ0v) is 19.2. The van der Waals surface area contributed by atoms with Gasteiger partial charge in [-0.2, -0.15) is 0 Å². The van der Waals surface area contributed by atoms with Crippen LogP contribution in [0.4, 0.5) is 0 Å². The van der Waals surface area contributed by atoms with Crippen LogP contribution in [0.15, 0.2) is 39.5 Å². The van der Waals surface area contributed by atoms with Crippen LogP contribution in [0.5, 0.6) is 17.2 Å². The molecule has 0 bridgehead atoms. The van der Waals surface area contributed by atoms with E-state index < -0.39 is 0 Å². The van der Waals surface area contributed by atoms with Crippen LogP contribution < -0.4 is 15.1 Å². The van der Waals surface area contributed by atoms with E-state index in [9.17, 15) is 9.90 Å². The highest BCUT2D eigenvalue weighted by Crippen LogP contribution is 2.33. The molecule has 7 heteroatoms. The lowest BCUT2D eigenvalue weighted by atomic mass is 10.00. The number of phenols is 1. The summed E-state index contributed by atoms with van der Waals surface area (Å²) < 4.78 is 16.6. The molecule has 0 amide bonds. The SMILES string of the molecule is CCCc1c(C)c2ccc(O)c(CN3CCN(Cc4ccc5c(c4)OCO5)CC3)c2oc1=O. The van der Waals surface area contributed by atoms with Crippen LogP contribution in [0.25, 0.3) is 11.0 Å². The Kier molecular flexibility index (Phi) is 6.00. The summed E-state index contributed by atoms with van der Waals surface area (Å²) in [4.78, 5) is 17.3. The maximum atomic E-state index is 12.6. The molecule has 1 N–H and O–H groups in total. The number of phenolic OH excluding ortho intramolecular Hbond substituents is 1. The second kappa shape index (κ2) is 9.08. The Hall–Kier alpha value is -3.03. The van der Waals surface area contributed by atoms with Crippen LogP contribution in [-0.2, 0) is 19.5 Å². The van der Waals surface area contributed by atoms with E-state index in [4.69, 9.17) is 13.9 Å². The maximum absolute atomic E-state index is 12.6. The van der Waals surface area contributed by atoms with Gasteiger partial charge in [0.15, 0.2) is 11.5 Å². The maximum Gasteiger partial charge on any atom is 0.339 e. The molecular formula is C26H30N2O5. The summed E-state index contributed by atoms with van der Waals surface area (Å²) in [6.45, 7) is 9.31. The predicted octanol–water partition coefficient (Wildman–Crippen LogP) is 3.81. The third kappa shape index (κ3) is 4.30. The summed E-state index contributed by atoms with van der Waals surface area (Å²) in [5, 5.41) is 11.5. The fourth-order valence-electron chi connectivity index (χ4n) is 4.82. The first-order chi connectivity index (χ1) is 16.0. The second-order valence-corrected chi connectivity index (χ2v) is 8.92. The summed E-state index contributed by atoms with van der Waals surface area (Å²) in [6.07, 6.45) is 1.59. The molecule has 7 nitrogen and oxygen atoms in total. The molecule has 1 saturated heterocycles. The first-order valence-electron chi connectivity index (χ1n) is 11.6. The average molecular weight is 451 g/mol. The van der Waals surface area contributed by atoms with Gasteiger partial charge in [-0.1, -0.05) is 19.4 Å². The number of hydrogen-bond acceptors (Lipinski definition) is 7. The van der Waals surface area contributed by atoms with Gasteiger partial charge < -0.3 is 19.0 Å². The van der Waals surface area contributed by atoms with Gasteiger partial charge in [-0.15, -0.1) is 0 Å². The van der Waals surface area contributed by atoms with E-state index >= 15 is 0 Å². The monoisotopic (exact) mass is 450 g/mol. The molecule has 1 fully saturated rings. The Morgan fingerprint density at radius 1 is 0.939 bits per heavy atom. The van der Waals surface area contributed by atoms with Gasteiger partial charge in [0.2, 0.25) is 6.79 Å². The molecule has 5 rings (SSSR count). The first kappa shape index (κ1) is 21.8. The van der Waals surface area contributed by atoms with E-state index in [2.05, 4.69) is 28.9 Å². The largest absolute Gasteiger partial charge is 0.507 e. The van der Waals surface area contributed by atoms with Crippen molar-refractivity contribution in [3.05, 3.63) is 63.0 Å². The van der Waals surface area contributed by atoms with Crippen LogP contribution in [-0.4, -0.2) is 47.9 Å². The molecule has 0 spiro atoms. The summed E-state index contributed by atoms with van der Waals surface area (Å²) >= 11 is 0. The normalized spacial score (nSPS) is 16.5. The molecule has 2 aromatic carbocycles. The molecular weight excluding hydrogens is 420 g/mol. The van der Waals surface area contributed by atoms with E-state index in [0.717, 1.165) is 67.2 Å². The Morgan fingerprint density at radius 3 is 2.42 bits per heavy atom. The number of piperazine rings is 1. The molecule has 3 aromatic rings. The van der Waals surface area contributed by atoms with Crippen molar-refractivity contribution in [3.8, 4) is 17.2 Å². The topological polar surface area (TPSA) is 75.4 Å². The van der Waals surface area contributed by atoms with Gasteiger partial charge in [-0.25, -0.2) is 4.79 Å². The number of nitrogens with zero attached hydrogens (tertiary/aromatic N) is 2. The van der Waals surface area contributed by atoms with Crippen LogP contribution in [0.1, 0.15) is 35.6 Å². The van der Waals surface area contributed by atoms with Crippen LogP contribution in [0.2, 0.25) is 0 Å². The Balaban J connectivity index is 1.29. The minimum Gasteiger partial charge on any atom is -0.507 e. The summed E-state index contributed by atoms with van der Waals surface area (Å²) in [5.74, 6) is 1.80. The predicted molar refractivity (Wildman–Crippen MR) is 126 cm³/mol. The van der Waals surface area contributed by atoms with Gasteiger partial charge in [-0.3, -0.25) is 9.80 Å². The van der Waals surface area contributed by atoms with E-state index in [0.29, 0.717) is 24.1 Å². The summed E-state index contributed by atoms with van der Waals surface area (Å²) in [7, 11) is 0. The number of aryl methyl sites for hydroxylation is 1. The molecule has 174 valence electrons. The Morgan fingerprint density at radius 2 is 1.67 bits per heavy atom. The van der Waals surface area contributed by atoms with Crippen LogP contribution in [0, 0.1) is 6.92 Å². The Labute approximate surface area is 193 Å².